The quantitative estimate of drug-likeness (QED) is 0.180. The Morgan fingerprint density at radius 2 is 0.341 bits per heavy atom. The average Bonchev–Trinajstić information content (AvgIpc) is 0.767. The summed E-state index contributed by atoms with van der Waals surface area (Å²) in [6.07, 6.45) is 85.3. The summed E-state index contributed by atoms with van der Waals surface area (Å²) in [7, 11) is 0. The lowest BCUT2D eigenvalue weighted by atomic mass is 9.38. The minimum absolute atomic E-state index is 0.854. The average molecular weight is 1200 g/mol. The molecular formula is C86H142N2. The van der Waals surface area contributed by atoms with Gasteiger partial charge in [0.15, 0.2) is 0 Å². The molecular weight excluding hydrogens is 1060 g/mol. The third-order valence-corrected chi connectivity index (χ3v) is 33.1. The first kappa shape index (κ1) is 63.5. The molecule has 496 valence electrons. The van der Waals surface area contributed by atoms with Crippen LogP contribution in [0, 0.1) is 142 Å². The molecule has 0 heterocycles. The maximum absolute atomic E-state index is 3.58. The molecule has 15 saturated carbocycles. The SMILES string of the molecule is CC1CCC(/C=C/C2CCC(N(C3CCC(C)CC3)C3C4CCCCC4C(C4C5CCCCC5C(C5C6CCCCC6C(N(C6CCC(C)CC6)C6CCC(/C=C/C7CCC(C)CC7)CC6)C6CCCCC65)C5CCCCC54)C4CCCCC43)CC2)CC1. The molecule has 0 aliphatic heterocycles. The maximum Gasteiger partial charge on any atom is 0.0163 e. The number of hydrogen-bond acceptors (Lipinski definition) is 2. The Balaban J connectivity index is 0.727. The predicted molar refractivity (Wildman–Crippen MR) is 373 cm³/mol. The second-order valence-electron chi connectivity index (χ2n) is 37.6. The van der Waals surface area contributed by atoms with Gasteiger partial charge in [-0.25, -0.2) is 0 Å². The summed E-state index contributed by atoms with van der Waals surface area (Å²) in [6.45, 7) is 10.3. The molecule has 0 aromatic rings. The van der Waals surface area contributed by atoms with Crippen molar-refractivity contribution in [3.05, 3.63) is 24.3 Å². The molecule has 15 aliphatic carbocycles. The Hall–Kier alpha value is -0.600. The van der Waals surface area contributed by atoms with E-state index in [9.17, 15) is 0 Å². The first-order chi connectivity index (χ1) is 43.3. The van der Waals surface area contributed by atoms with Crippen LogP contribution >= 0.6 is 0 Å². The van der Waals surface area contributed by atoms with Gasteiger partial charge in [-0.3, -0.25) is 9.80 Å². The smallest absolute Gasteiger partial charge is 0.0163 e. The molecule has 0 amide bonds. The minimum atomic E-state index is 0.854. The van der Waals surface area contributed by atoms with Gasteiger partial charge in [-0.2, -0.15) is 0 Å². The summed E-state index contributed by atoms with van der Waals surface area (Å²) in [6, 6.07) is 5.31. The van der Waals surface area contributed by atoms with Gasteiger partial charge in [0.05, 0.1) is 0 Å². The Morgan fingerprint density at radius 1 is 0.182 bits per heavy atom. The molecule has 15 rings (SSSR count). The molecule has 0 aromatic carbocycles. The van der Waals surface area contributed by atoms with Gasteiger partial charge in [-0.15, -0.1) is 0 Å². The summed E-state index contributed by atoms with van der Waals surface area (Å²) in [5.41, 5.74) is 0. The first-order valence-corrected chi connectivity index (χ1v) is 42.2. The zero-order chi connectivity index (χ0) is 59.2. The fourth-order valence-corrected chi connectivity index (χ4v) is 29.1. The summed E-state index contributed by atoms with van der Waals surface area (Å²) in [4.78, 5) is 7.16. The fourth-order valence-electron chi connectivity index (χ4n) is 29.1. The van der Waals surface area contributed by atoms with E-state index in [1.165, 1.54) is 154 Å². The van der Waals surface area contributed by atoms with Crippen LogP contribution in [0.25, 0.3) is 0 Å². The molecule has 0 radical (unpaired) electrons. The lowest BCUT2D eigenvalue weighted by molar-refractivity contribution is -0.201. The fraction of sp³-hybridized carbons (Fsp3) is 0.953. The molecule has 12 atom stereocenters. The lowest BCUT2D eigenvalue weighted by Gasteiger charge is -2.69. The monoisotopic (exact) mass is 1200 g/mol. The number of rotatable bonds is 12. The van der Waals surface area contributed by atoms with Crippen LogP contribution in [0.5, 0.6) is 0 Å². The first-order valence-electron chi connectivity index (χ1n) is 42.2. The molecule has 0 saturated heterocycles. The van der Waals surface area contributed by atoms with E-state index in [0.717, 1.165) is 178 Å². The Morgan fingerprint density at radius 3 is 0.557 bits per heavy atom. The molecule has 0 N–H and O–H groups in total. The summed E-state index contributed by atoms with van der Waals surface area (Å²) < 4.78 is 0. The zero-order valence-electron chi connectivity index (χ0n) is 58.5. The minimum Gasteiger partial charge on any atom is -0.294 e. The van der Waals surface area contributed by atoms with Gasteiger partial charge < -0.3 is 0 Å². The van der Waals surface area contributed by atoms with Crippen molar-refractivity contribution >= 4 is 0 Å². The van der Waals surface area contributed by atoms with Gasteiger partial charge in [0.2, 0.25) is 0 Å². The summed E-state index contributed by atoms with van der Waals surface area (Å²) in [5.74, 6) is 24.0. The van der Waals surface area contributed by atoms with Crippen molar-refractivity contribution in [1.29, 1.82) is 0 Å². The summed E-state index contributed by atoms with van der Waals surface area (Å²) >= 11 is 0. The van der Waals surface area contributed by atoms with Gasteiger partial charge in [0.1, 0.15) is 0 Å². The molecule has 15 aliphatic rings. The van der Waals surface area contributed by atoms with E-state index >= 15 is 0 Å². The highest BCUT2D eigenvalue weighted by atomic mass is 15.2. The van der Waals surface area contributed by atoms with Gasteiger partial charge in [-0.1, -0.05) is 155 Å². The second-order valence-corrected chi connectivity index (χ2v) is 37.6. The van der Waals surface area contributed by atoms with E-state index in [0.29, 0.717) is 0 Å². The van der Waals surface area contributed by atoms with Gasteiger partial charge in [0, 0.05) is 36.3 Å². The van der Waals surface area contributed by atoms with Crippen LogP contribution in [-0.4, -0.2) is 46.1 Å². The van der Waals surface area contributed by atoms with Crippen LogP contribution in [-0.2, 0) is 0 Å². The van der Waals surface area contributed by atoms with Gasteiger partial charge >= 0.3 is 0 Å². The maximum atomic E-state index is 3.58. The van der Waals surface area contributed by atoms with E-state index in [1.807, 2.05) is 0 Å². The van der Waals surface area contributed by atoms with Crippen LogP contribution in [0.4, 0.5) is 0 Å². The largest absolute Gasteiger partial charge is 0.294 e. The molecule has 0 spiro atoms. The van der Waals surface area contributed by atoms with Crippen molar-refractivity contribution in [2.75, 3.05) is 0 Å². The molecule has 2 nitrogen and oxygen atoms in total. The van der Waals surface area contributed by atoms with Crippen molar-refractivity contribution in [3.63, 3.8) is 0 Å². The molecule has 12 unspecified atom stereocenters. The van der Waals surface area contributed by atoms with E-state index in [-0.39, 0.29) is 0 Å². The highest BCUT2D eigenvalue weighted by molar-refractivity contribution is 5.16. The molecule has 15 fully saturated rings. The molecule has 0 aromatic heterocycles. The third kappa shape index (κ3) is 13.1. The number of fused-ring (bicyclic) bond motifs is 6. The van der Waals surface area contributed by atoms with Gasteiger partial charge in [-0.05, 0) is 347 Å². The topological polar surface area (TPSA) is 6.48 Å². The van der Waals surface area contributed by atoms with Crippen LogP contribution in [0.2, 0.25) is 0 Å². The molecule has 2 heteroatoms. The molecule has 88 heavy (non-hydrogen) atoms. The van der Waals surface area contributed by atoms with E-state index < -0.39 is 0 Å². The van der Waals surface area contributed by atoms with Crippen LogP contribution in [0.15, 0.2) is 24.3 Å². The lowest BCUT2D eigenvalue weighted by Crippen LogP contribution is -2.67. The third-order valence-electron chi connectivity index (χ3n) is 33.1. The van der Waals surface area contributed by atoms with Crippen molar-refractivity contribution in [2.24, 2.45) is 142 Å². The number of hydrogen-bond donors (Lipinski definition) is 0. The Labute approximate surface area is 545 Å². The van der Waals surface area contributed by atoms with Gasteiger partial charge in [0.25, 0.3) is 0 Å². The second kappa shape index (κ2) is 29.0. The number of allylic oxidation sites excluding steroid dienone is 4. The predicted octanol–water partition coefficient (Wildman–Crippen LogP) is 23.7. The highest BCUT2D eigenvalue weighted by Crippen LogP contribution is 2.70. The Bertz CT molecular complexity index is 1970. The molecule has 0 bridgehead atoms. The zero-order valence-corrected chi connectivity index (χ0v) is 58.5. The van der Waals surface area contributed by atoms with E-state index in [4.69, 9.17) is 0 Å². The van der Waals surface area contributed by atoms with E-state index in [1.54, 1.807) is 154 Å². The van der Waals surface area contributed by atoms with Crippen molar-refractivity contribution in [1.82, 2.24) is 9.80 Å². The number of nitrogens with zero attached hydrogens (tertiary/aromatic N) is 2. The normalized spacial score (nSPS) is 51.4. The van der Waals surface area contributed by atoms with Crippen molar-refractivity contribution in [3.8, 4) is 0 Å². The standard InChI is InChI=1S/C86H142N2/c1-57-29-37-61(38-30-57)41-43-63-45-53-67(54-46-63)87(65-49-33-59(3)34-50-65)85-77-25-13-9-21-73(77)83(74-22-10-14-26-78(74)85)81-69-17-5-7-19-71(69)82(72-20-8-6-18-70(72)81)84-75-23-11-15-27-79(75)86(80-28-16-12-24-76(80)84)88(66-51-35-60(4)36-52-66)68-55-47-64(48-56-68)44-42-62-39-31-58(2)32-40-62/h41-44,57-86H,5-40,45-56H2,1-4H3/b43-41+,44-42+. The highest BCUT2D eigenvalue weighted by Gasteiger charge is 2.65. The van der Waals surface area contributed by atoms with Crippen molar-refractivity contribution < 1.29 is 0 Å². The van der Waals surface area contributed by atoms with E-state index in [2.05, 4.69) is 61.8 Å². The van der Waals surface area contributed by atoms with Crippen LogP contribution < -0.4 is 0 Å². The van der Waals surface area contributed by atoms with Crippen LogP contribution in [0.3, 0.4) is 0 Å². The Kier molecular flexibility index (Phi) is 20.9. The van der Waals surface area contributed by atoms with Crippen molar-refractivity contribution in [2.45, 2.75) is 372 Å². The summed E-state index contributed by atoms with van der Waals surface area (Å²) in [5, 5.41) is 0. The van der Waals surface area contributed by atoms with Crippen LogP contribution in [0.1, 0.15) is 336 Å².